The lowest BCUT2D eigenvalue weighted by Gasteiger charge is -2.38. The van der Waals surface area contributed by atoms with E-state index >= 15 is 0 Å². The van der Waals surface area contributed by atoms with E-state index in [1.807, 2.05) is 37.3 Å². The molecule has 4 nitrogen and oxygen atoms in total. The second kappa shape index (κ2) is 4.33. The third kappa shape index (κ3) is 1.68. The van der Waals surface area contributed by atoms with Crippen LogP contribution >= 0.6 is 0 Å². The van der Waals surface area contributed by atoms with Crippen LogP contribution in [0, 0.1) is 16.2 Å². The van der Waals surface area contributed by atoms with Crippen LogP contribution in [0.2, 0.25) is 0 Å². The Morgan fingerprint density at radius 1 is 1.10 bits per heavy atom. The molecule has 21 heavy (non-hydrogen) atoms. The number of hydrogen-bond donors (Lipinski definition) is 2. The molecule has 0 spiro atoms. The zero-order valence-electron chi connectivity index (χ0n) is 12.8. The molecular formula is C17H22N2O2. The van der Waals surface area contributed by atoms with Gasteiger partial charge in [-0.2, -0.15) is 0 Å². The molecule has 2 aliphatic carbocycles. The topological polar surface area (TPSA) is 58.2 Å². The molecule has 1 amide bonds. The van der Waals surface area contributed by atoms with Gasteiger partial charge >= 0.3 is 0 Å². The molecule has 2 N–H and O–H groups in total. The maximum atomic E-state index is 12.8. The molecule has 1 aromatic rings. The molecule has 112 valence electrons. The number of rotatable bonds is 3. The zero-order valence-corrected chi connectivity index (χ0v) is 12.8. The minimum absolute atomic E-state index is 0.0640. The third-order valence-electron chi connectivity index (χ3n) is 6.23. The average molecular weight is 286 g/mol. The van der Waals surface area contributed by atoms with Gasteiger partial charge in [0.15, 0.2) is 0 Å². The molecule has 2 saturated carbocycles. The van der Waals surface area contributed by atoms with E-state index in [0.717, 1.165) is 18.5 Å². The molecular weight excluding hydrogens is 264 g/mol. The number of fused-ring (bicyclic) bond motifs is 2. The lowest BCUT2D eigenvalue weighted by Crippen LogP contribution is -2.48. The van der Waals surface area contributed by atoms with Gasteiger partial charge in [0.1, 0.15) is 5.78 Å². The number of hydrogen-bond acceptors (Lipinski definition) is 3. The number of nitrogens with one attached hydrogen (secondary N) is 2. The van der Waals surface area contributed by atoms with Crippen LogP contribution in [0.4, 0.5) is 5.69 Å². The van der Waals surface area contributed by atoms with E-state index in [9.17, 15) is 9.59 Å². The van der Waals surface area contributed by atoms with Gasteiger partial charge in [-0.25, -0.2) is 0 Å². The maximum absolute atomic E-state index is 12.8. The van der Waals surface area contributed by atoms with Gasteiger partial charge in [0.05, 0.1) is 11.1 Å². The van der Waals surface area contributed by atoms with Gasteiger partial charge in [-0.15, -0.1) is 0 Å². The minimum Gasteiger partial charge on any atom is -0.299 e. The number of anilines is 1. The molecule has 0 radical (unpaired) electrons. The monoisotopic (exact) mass is 286 g/mol. The van der Waals surface area contributed by atoms with Crippen LogP contribution in [0.5, 0.6) is 0 Å². The zero-order chi connectivity index (χ0) is 15.3. The van der Waals surface area contributed by atoms with Crippen LogP contribution < -0.4 is 10.9 Å². The van der Waals surface area contributed by atoms with E-state index in [0.29, 0.717) is 6.42 Å². The maximum Gasteiger partial charge on any atom is 0.245 e. The third-order valence-corrected chi connectivity index (χ3v) is 6.23. The molecule has 2 atom stereocenters. The Bertz CT molecular complexity index is 596. The van der Waals surface area contributed by atoms with Crippen LogP contribution in [-0.4, -0.2) is 11.7 Å². The number of Topliss-reactive ketones (excluding diaryl/α,β-unsaturated/α-hetero) is 1. The van der Waals surface area contributed by atoms with Crippen LogP contribution in [0.3, 0.4) is 0 Å². The highest BCUT2D eigenvalue weighted by Crippen LogP contribution is 2.70. The molecule has 4 heteroatoms. The van der Waals surface area contributed by atoms with Gasteiger partial charge in [-0.1, -0.05) is 39.0 Å². The van der Waals surface area contributed by atoms with Crippen LogP contribution in [-0.2, 0) is 9.59 Å². The van der Waals surface area contributed by atoms with E-state index in [4.69, 9.17) is 0 Å². The van der Waals surface area contributed by atoms with Crippen molar-refractivity contribution >= 4 is 17.4 Å². The molecule has 2 bridgehead atoms. The van der Waals surface area contributed by atoms with E-state index in [-0.39, 0.29) is 22.5 Å². The first-order chi connectivity index (χ1) is 9.83. The number of ketones is 1. The van der Waals surface area contributed by atoms with Gasteiger partial charge in [0.2, 0.25) is 5.91 Å². The second-order valence-corrected chi connectivity index (χ2v) is 7.08. The van der Waals surface area contributed by atoms with Gasteiger partial charge in [0.25, 0.3) is 0 Å². The molecule has 0 saturated heterocycles. The fraction of sp³-hybridized carbons (Fsp3) is 0.529. The Kier molecular flexibility index (Phi) is 2.91. The molecule has 2 fully saturated rings. The summed E-state index contributed by atoms with van der Waals surface area (Å²) in [5.74, 6) is 0.166. The number of para-hydroxylation sites is 1. The second-order valence-electron chi connectivity index (χ2n) is 7.08. The Labute approximate surface area is 125 Å². The van der Waals surface area contributed by atoms with Crippen LogP contribution in [0.25, 0.3) is 0 Å². The van der Waals surface area contributed by atoms with Crippen molar-refractivity contribution in [1.29, 1.82) is 0 Å². The highest BCUT2D eigenvalue weighted by Gasteiger charge is 2.72. The molecule has 1 aromatic carbocycles. The minimum atomic E-state index is -0.583. The molecule has 0 aliphatic heterocycles. The first-order valence-corrected chi connectivity index (χ1v) is 7.48. The molecule has 0 unspecified atom stereocenters. The number of carbonyl (C=O) groups is 2. The average Bonchev–Trinajstić information content (AvgIpc) is 2.76. The summed E-state index contributed by atoms with van der Waals surface area (Å²) in [6.45, 7) is 6.14. The molecule has 3 rings (SSSR count). The van der Waals surface area contributed by atoms with Gasteiger partial charge in [0, 0.05) is 11.8 Å². The van der Waals surface area contributed by atoms with E-state index in [1.54, 1.807) is 0 Å². The van der Waals surface area contributed by atoms with E-state index < -0.39 is 5.41 Å². The van der Waals surface area contributed by atoms with Gasteiger partial charge in [-0.05, 0) is 30.4 Å². The lowest BCUT2D eigenvalue weighted by atomic mass is 9.64. The summed E-state index contributed by atoms with van der Waals surface area (Å²) in [4.78, 5) is 25.1. The van der Waals surface area contributed by atoms with Crippen molar-refractivity contribution in [2.75, 3.05) is 5.43 Å². The quantitative estimate of drug-likeness (QED) is 0.840. The summed E-state index contributed by atoms with van der Waals surface area (Å²) in [6, 6.07) is 9.51. The first-order valence-electron chi connectivity index (χ1n) is 7.48. The summed E-state index contributed by atoms with van der Waals surface area (Å²) in [6.07, 6.45) is 1.95. The van der Waals surface area contributed by atoms with Gasteiger partial charge in [-0.3, -0.25) is 20.4 Å². The standard InChI is InChI=1S/C17H22N2O2/c1-15(2)16(3)9-10-17(15,11-13(16)20)14(21)19-18-12-7-5-4-6-8-12/h4-8,18H,9-11H2,1-3H3,(H,19,21)/t16-,17+/m1/s1. The van der Waals surface area contributed by atoms with Crippen molar-refractivity contribution < 1.29 is 9.59 Å². The van der Waals surface area contributed by atoms with Crippen molar-refractivity contribution in [2.24, 2.45) is 16.2 Å². The molecule has 0 aromatic heterocycles. The number of amides is 1. The first kappa shape index (κ1) is 14.1. The van der Waals surface area contributed by atoms with Crippen LogP contribution in [0.15, 0.2) is 30.3 Å². The van der Waals surface area contributed by atoms with Crippen molar-refractivity contribution in [3.63, 3.8) is 0 Å². The largest absolute Gasteiger partial charge is 0.299 e. The predicted octanol–water partition coefficient (Wildman–Crippen LogP) is 2.92. The summed E-state index contributed by atoms with van der Waals surface area (Å²) in [5.41, 5.74) is 5.35. The fourth-order valence-electron chi connectivity index (χ4n) is 4.13. The summed E-state index contributed by atoms with van der Waals surface area (Å²) >= 11 is 0. The van der Waals surface area contributed by atoms with Crippen molar-refractivity contribution in [3.05, 3.63) is 30.3 Å². The number of hydrazine groups is 1. The highest BCUT2D eigenvalue weighted by atomic mass is 16.2. The van der Waals surface area contributed by atoms with Crippen molar-refractivity contribution in [2.45, 2.75) is 40.0 Å². The van der Waals surface area contributed by atoms with Crippen molar-refractivity contribution in [3.8, 4) is 0 Å². The Morgan fingerprint density at radius 3 is 2.29 bits per heavy atom. The number of carbonyl (C=O) groups excluding carboxylic acids is 2. The summed E-state index contributed by atoms with van der Waals surface area (Å²) in [5, 5.41) is 0. The normalized spacial score (nSPS) is 33.0. The summed E-state index contributed by atoms with van der Waals surface area (Å²) < 4.78 is 0. The van der Waals surface area contributed by atoms with Gasteiger partial charge < -0.3 is 0 Å². The Morgan fingerprint density at radius 2 is 1.76 bits per heavy atom. The fourth-order valence-corrected chi connectivity index (χ4v) is 4.13. The number of benzene rings is 1. The SMILES string of the molecule is CC1(C)[C@@]2(C(=O)NNc3ccccc3)CC[C@]1(C)C(=O)C2. The Balaban J connectivity index is 1.80. The highest BCUT2D eigenvalue weighted by molar-refractivity contribution is 5.99. The van der Waals surface area contributed by atoms with Crippen LogP contribution in [0.1, 0.15) is 40.0 Å². The lowest BCUT2D eigenvalue weighted by molar-refractivity contribution is -0.136. The van der Waals surface area contributed by atoms with E-state index in [2.05, 4.69) is 24.7 Å². The predicted molar refractivity (Wildman–Crippen MR) is 81.4 cm³/mol. The van der Waals surface area contributed by atoms with E-state index in [1.165, 1.54) is 0 Å². The Hall–Kier alpha value is -1.84. The molecule has 0 heterocycles. The smallest absolute Gasteiger partial charge is 0.245 e. The molecule has 2 aliphatic rings. The summed E-state index contributed by atoms with van der Waals surface area (Å²) in [7, 11) is 0. The van der Waals surface area contributed by atoms with Crippen molar-refractivity contribution in [1.82, 2.24) is 5.43 Å².